The summed E-state index contributed by atoms with van der Waals surface area (Å²) in [6, 6.07) is 0. The second-order valence-corrected chi connectivity index (χ2v) is 2.13. The molecule has 0 aliphatic rings. The van der Waals surface area contributed by atoms with Gasteiger partial charge in [-0.2, -0.15) is 0 Å². The predicted molar refractivity (Wildman–Crippen MR) is 50.0 cm³/mol. The molecule has 0 unspecified atom stereocenters. The van der Waals surface area contributed by atoms with Gasteiger partial charge in [0.25, 0.3) is 0 Å². The molecule has 3 heteroatoms. The van der Waals surface area contributed by atoms with Gasteiger partial charge < -0.3 is 2.85 Å². The van der Waals surface area contributed by atoms with Gasteiger partial charge in [-0.15, -0.1) is 23.2 Å². The van der Waals surface area contributed by atoms with E-state index in [4.69, 9.17) is 23.2 Å². The summed E-state index contributed by atoms with van der Waals surface area (Å²) in [5, 5.41) is 0. The zero-order valence-corrected chi connectivity index (χ0v) is 9.22. The monoisotopic (exact) mass is 182 g/mol. The van der Waals surface area contributed by atoms with E-state index >= 15 is 0 Å². The van der Waals surface area contributed by atoms with Gasteiger partial charge in [0.05, 0.1) is 0 Å². The normalized spacial score (nSPS) is 6.67. The summed E-state index contributed by atoms with van der Waals surface area (Å²) in [5.74, 6) is 1.58. The van der Waals surface area contributed by atoms with E-state index in [9.17, 15) is 0 Å². The van der Waals surface area contributed by atoms with Crippen LogP contribution < -0.4 is 0 Å². The van der Waals surface area contributed by atoms with Crippen molar-refractivity contribution in [2.24, 2.45) is 0 Å². The fourth-order valence-corrected chi connectivity index (χ4v) is 0. The van der Waals surface area contributed by atoms with Crippen molar-refractivity contribution in [2.75, 3.05) is 11.8 Å². The Morgan fingerprint density at radius 1 is 1.00 bits per heavy atom. The summed E-state index contributed by atoms with van der Waals surface area (Å²) >= 11 is 10.4. The topological polar surface area (TPSA) is 0 Å². The van der Waals surface area contributed by atoms with Crippen molar-refractivity contribution in [1.82, 2.24) is 0 Å². The molecule has 0 aromatic heterocycles. The molecule has 0 N–H and O–H groups in total. The molecule has 0 fully saturated rings. The van der Waals surface area contributed by atoms with Gasteiger partial charge in [0, 0.05) is 11.8 Å². The van der Waals surface area contributed by atoms with Gasteiger partial charge in [0.1, 0.15) is 0 Å². The average molecular weight is 183 g/mol. The summed E-state index contributed by atoms with van der Waals surface area (Å²) in [6.07, 6.45) is 2.17. The number of rotatable bonds is 2. The van der Waals surface area contributed by atoms with E-state index in [-0.39, 0.29) is 25.9 Å². The number of alkyl halides is 2. The molecule has 0 saturated heterocycles. The van der Waals surface area contributed by atoms with Crippen molar-refractivity contribution >= 4 is 46.3 Å². The Hall–Kier alpha value is 1.35. The Labute approximate surface area is 87.4 Å². The molecule has 0 aromatic carbocycles. The zero-order chi connectivity index (χ0) is 6.83. The number of hydrogen-bond acceptors (Lipinski definition) is 0. The first-order valence-electron chi connectivity index (χ1n) is 2.95. The summed E-state index contributed by atoms with van der Waals surface area (Å²) in [6.45, 7) is 4.10. The van der Waals surface area contributed by atoms with Crippen LogP contribution in [-0.2, 0) is 0 Å². The molecule has 0 amide bonds. The van der Waals surface area contributed by atoms with Gasteiger partial charge in [-0.05, 0) is 12.8 Å². The molecule has 0 aliphatic carbocycles. The first-order valence-corrected chi connectivity index (χ1v) is 4.02. The SMILES string of the molecule is CCCCl.CCCCl.[H-].[H-].[Mg+2]. The van der Waals surface area contributed by atoms with Gasteiger partial charge in [-0.1, -0.05) is 13.8 Å². The third kappa shape index (κ3) is 45.0. The summed E-state index contributed by atoms with van der Waals surface area (Å²) in [5.41, 5.74) is 0. The molecular formula is C6H16Cl2Mg. The third-order valence-corrected chi connectivity index (χ3v) is 1.13. The van der Waals surface area contributed by atoms with Crippen molar-refractivity contribution in [1.29, 1.82) is 0 Å². The van der Waals surface area contributed by atoms with E-state index in [0.717, 1.165) is 24.6 Å². The average Bonchev–Trinajstić information content (AvgIpc) is 1.88. The maximum Gasteiger partial charge on any atom is 2.00 e. The van der Waals surface area contributed by atoms with Gasteiger partial charge in [0.15, 0.2) is 0 Å². The van der Waals surface area contributed by atoms with E-state index in [1.807, 2.05) is 13.8 Å². The van der Waals surface area contributed by atoms with Crippen LogP contribution in [0.15, 0.2) is 0 Å². The van der Waals surface area contributed by atoms with Crippen molar-refractivity contribution < 1.29 is 2.85 Å². The molecule has 0 rings (SSSR count). The van der Waals surface area contributed by atoms with E-state index in [2.05, 4.69) is 0 Å². The Morgan fingerprint density at radius 3 is 1.11 bits per heavy atom. The minimum absolute atomic E-state index is 0. The minimum atomic E-state index is 0. The van der Waals surface area contributed by atoms with Crippen molar-refractivity contribution in [3.63, 3.8) is 0 Å². The van der Waals surface area contributed by atoms with Crippen LogP contribution in [-0.4, -0.2) is 34.8 Å². The quantitative estimate of drug-likeness (QED) is 0.456. The molecule has 0 aromatic rings. The molecule has 56 valence electrons. The van der Waals surface area contributed by atoms with E-state index < -0.39 is 0 Å². The number of halogens is 2. The number of hydrogen-bond donors (Lipinski definition) is 0. The smallest absolute Gasteiger partial charge is 1.00 e. The van der Waals surface area contributed by atoms with Gasteiger partial charge >= 0.3 is 23.1 Å². The molecule has 0 radical (unpaired) electrons. The summed E-state index contributed by atoms with van der Waals surface area (Å²) < 4.78 is 0. The Morgan fingerprint density at radius 2 is 1.11 bits per heavy atom. The summed E-state index contributed by atoms with van der Waals surface area (Å²) in [7, 11) is 0. The molecule has 0 nitrogen and oxygen atoms in total. The van der Waals surface area contributed by atoms with Crippen LogP contribution in [0, 0.1) is 0 Å². The summed E-state index contributed by atoms with van der Waals surface area (Å²) in [4.78, 5) is 0. The second-order valence-electron chi connectivity index (χ2n) is 1.38. The van der Waals surface area contributed by atoms with Crippen molar-refractivity contribution in [3.05, 3.63) is 0 Å². The Balaban J connectivity index is -0.0000000171. The molecule has 0 heterocycles. The van der Waals surface area contributed by atoms with Crippen molar-refractivity contribution in [3.8, 4) is 0 Å². The molecule has 0 aliphatic heterocycles. The standard InChI is InChI=1S/2C3H7Cl.Mg.2H/c2*1-2-3-4;;;/h2*2-3H2,1H3;;;/q;;+2;2*-1. The molecule has 0 saturated carbocycles. The van der Waals surface area contributed by atoms with E-state index in [1.165, 1.54) is 0 Å². The van der Waals surface area contributed by atoms with Crippen LogP contribution in [0.25, 0.3) is 0 Å². The fraction of sp³-hybridized carbons (Fsp3) is 1.00. The first kappa shape index (κ1) is 16.7. The van der Waals surface area contributed by atoms with Crippen LogP contribution in [0.4, 0.5) is 0 Å². The minimum Gasteiger partial charge on any atom is -1.00 e. The van der Waals surface area contributed by atoms with Gasteiger partial charge in [-0.3, -0.25) is 0 Å². The van der Waals surface area contributed by atoms with E-state index in [0.29, 0.717) is 0 Å². The van der Waals surface area contributed by atoms with Crippen LogP contribution >= 0.6 is 23.2 Å². The second kappa shape index (κ2) is 22.8. The zero-order valence-electron chi connectivity index (χ0n) is 8.29. The van der Waals surface area contributed by atoms with Crippen LogP contribution in [0.5, 0.6) is 0 Å². The van der Waals surface area contributed by atoms with Gasteiger partial charge in [-0.25, -0.2) is 0 Å². The molecule has 9 heavy (non-hydrogen) atoms. The maximum atomic E-state index is 5.19. The molecule has 0 atom stereocenters. The largest absolute Gasteiger partial charge is 2.00 e. The molecule has 0 bridgehead atoms. The Bertz CT molecular complexity index is 26.5. The predicted octanol–water partition coefficient (Wildman–Crippen LogP) is 3.11. The molecule has 0 spiro atoms. The Kier molecular flexibility index (Phi) is 42.4. The fourth-order valence-electron chi connectivity index (χ4n) is 0. The van der Waals surface area contributed by atoms with Crippen LogP contribution in [0.3, 0.4) is 0 Å². The maximum absolute atomic E-state index is 5.19. The van der Waals surface area contributed by atoms with Gasteiger partial charge in [0.2, 0.25) is 0 Å². The van der Waals surface area contributed by atoms with E-state index in [1.54, 1.807) is 0 Å². The van der Waals surface area contributed by atoms with Crippen LogP contribution in [0.2, 0.25) is 0 Å². The van der Waals surface area contributed by atoms with Crippen LogP contribution in [0.1, 0.15) is 29.5 Å². The van der Waals surface area contributed by atoms with Crippen molar-refractivity contribution in [2.45, 2.75) is 26.7 Å². The first-order chi connectivity index (χ1) is 3.83. The third-order valence-electron chi connectivity index (χ3n) is 0.378. The molecular weight excluding hydrogens is 167 g/mol.